The average Bonchev–Trinajstić information content (AvgIpc) is 2.17. The molecule has 0 N–H and O–H groups in total. The smallest absolute Gasteiger partial charge is 0.224 e. The molecule has 0 saturated heterocycles. The van der Waals surface area contributed by atoms with Gasteiger partial charge in [-0.3, -0.25) is 4.79 Å². The molecule has 0 aromatic heterocycles. The highest BCUT2D eigenvalue weighted by Crippen LogP contribution is 2.37. The molecule has 1 aromatic carbocycles. The summed E-state index contributed by atoms with van der Waals surface area (Å²) in [6, 6.07) is 5.67. The van der Waals surface area contributed by atoms with Gasteiger partial charge < -0.3 is 9.64 Å². The van der Waals surface area contributed by atoms with Gasteiger partial charge in [0.2, 0.25) is 5.91 Å². The Morgan fingerprint density at radius 3 is 3.07 bits per heavy atom. The molecule has 1 heterocycles. The molecule has 0 aliphatic carbocycles. The first-order chi connectivity index (χ1) is 6.70. The molecular weight excluding hydrogens is 246 g/mol. The Hall–Kier alpha value is -1.03. The van der Waals surface area contributed by atoms with Crippen molar-refractivity contribution in [2.75, 3.05) is 18.1 Å². The summed E-state index contributed by atoms with van der Waals surface area (Å²) in [6.07, 6.45) is 0. The van der Waals surface area contributed by atoms with Crippen molar-refractivity contribution in [3.63, 3.8) is 0 Å². The molecule has 4 heteroatoms. The first-order valence-corrected chi connectivity index (χ1v) is 5.19. The highest BCUT2D eigenvalue weighted by atomic mass is 79.9. The highest BCUT2D eigenvalue weighted by Gasteiger charge is 2.22. The molecule has 0 bridgehead atoms. The summed E-state index contributed by atoms with van der Waals surface area (Å²) in [5.74, 6) is 0.808. The minimum Gasteiger partial charge on any atom is -0.489 e. The molecule has 74 valence electrons. The number of halogens is 1. The Balaban J connectivity index is 2.52. The number of ether oxygens (including phenoxy) is 1. The summed E-state index contributed by atoms with van der Waals surface area (Å²) in [4.78, 5) is 13.1. The van der Waals surface area contributed by atoms with E-state index in [4.69, 9.17) is 4.74 Å². The molecule has 0 radical (unpaired) electrons. The van der Waals surface area contributed by atoms with Gasteiger partial charge in [-0.1, -0.05) is 6.07 Å². The van der Waals surface area contributed by atoms with Crippen molar-refractivity contribution < 1.29 is 9.53 Å². The number of carbonyl (C=O) groups is 1. The molecule has 2 rings (SSSR count). The van der Waals surface area contributed by atoms with Gasteiger partial charge in [0.1, 0.15) is 18.0 Å². The van der Waals surface area contributed by atoms with E-state index >= 15 is 0 Å². The molecule has 1 amide bonds. The fourth-order valence-corrected chi connectivity index (χ4v) is 2.11. The molecule has 0 unspecified atom stereocenters. The lowest BCUT2D eigenvalue weighted by atomic mass is 10.2. The number of anilines is 1. The van der Waals surface area contributed by atoms with Gasteiger partial charge in [-0.05, 0) is 28.1 Å². The van der Waals surface area contributed by atoms with Gasteiger partial charge in [0.05, 0.1) is 6.54 Å². The van der Waals surface area contributed by atoms with Crippen molar-refractivity contribution in [2.24, 2.45) is 0 Å². The van der Waals surface area contributed by atoms with E-state index in [0.29, 0.717) is 13.2 Å². The minimum atomic E-state index is 0.0430. The molecule has 1 aromatic rings. The standard InChI is InChI=1S/C10H10BrNO2/c1-7(13)12-5-6-14-9-4-2-3-8(11)10(9)12/h2-4H,5-6H2,1H3. The van der Waals surface area contributed by atoms with Gasteiger partial charge in [0.25, 0.3) is 0 Å². The topological polar surface area (TPSA) is 29.5 Å². The summed E-state index contributed by atoms with van der Waals surface area (Å²) >= 11 is 3.42. The van der Waals surface area contributed by atoms with E-state index in [0.717, 1.165) is 15.9 Å². The van der Waals surface area contributed by atoms with E-state index < -0.39 is 0 Å². The van der Waals surface area contributed by atoms with Crippen LogP contribution in [-0.2, 0) is 4.79 Å². The summed E-state index contributed by atoms with van der Waals surface area (Å²) in [5.41, 5.74) is 0.839. The minimum absolute atomic E-state index is 0.0430. The van der Waals surface area contributed by atoms with Crippen LogP contribution in [-0.4, -0.2) is 19.1 Å². The Kier molecular flexibility index (Phi) is 2.46. The Morgan fingerprint density at radius 2 is 2.36 bits per heavy atom. The number of para-hydroxylation sites is 1. The monoisotopic (exact) mass is 255 g/mol. The predicted octanol–water partition coefficient (Wildman–Crippen LogP) is 2.19. The van der Waals surface area contributed by atoms with Crippen LogP contribution in [0.3, 0.4) is 0 Å². The van der Waals surface area contributed by atoms with Crippen molar-refractivity contribution in [3.8, 4) is 5.75 Å². The Morgan fingerprint density at radius 1 is 1.57 bits per heavy atom. The molecule has 0 saturated carbocycles. The third-order valence-electron chi connectivity index (χ3n) is 2.17. The van der Waals surface area contributed by atoms with Crippen LogP contribution in [0.2, 0.25) is 0 Å². The highest BCUT2D eigenvalue weighted by molar-refractivity contribution is 9.10. The van der Waals surface area contributed by atoms with Crippen LogP contribution in [0.4, 0.5) is 5.69 Å². The van der Waals surface area contributed by atoms with Crippen molar-refractivity contribution in [1.82, 2.24) is 0 Å². The maximum atomic E-state index is 11.4. The number of fused-ring (bicyclic) bond motifs is 1. The van der Waals surface area contributed by atoms with Crippen LogP contribution in [0.25, 0.3) is 0 Å². The molecule has 3 nitrogen and oxygen atoms in total. The number of carbonyl (C=O) groups excluding carboxylic acids is 1. The summed E-state index contributed by atoms with van der Waals surface area (Å²) in [6.45, 7) is 2.74. The van der Waals surface area contributed by atoms with Crippen molar-refractivity contribution in [2.45, 2.75) is 6.92 Å². The van der Waals surface area contributed by atoms with Gasteiger partial charge in [-0.2, -0.15) is 0 Å². The second kappa shape index (κ2) is 3.61. The van der Waals surface area contributed by atoms with Gasteiger partial charge in [-0.15, -0.1) is 0 Å². The lowest BCUT2D eigenvalue weighted by Crippen LogP contribution is -2.36. The molecule has 0 atom stereocenters. The van der Waals surface area contributed by atoms with Crippen LogP contribution in [0.5, 0.6) is 5.75 Å². The number of benzene rings is 1. The van der Waals surface area contributed by atoms with E-state index in [2.05, 4.69) is 15.9 Å². The number of nitrogens with zero attached hydrogens (tertiary/aromatic N) is 1. The normalized spacial score (nSPS) is 14.6. The molecule has 1 aliphatic heterocycles. The SMILES string of the molecule is CC(=O)N1CCOc2cccc(Br)c21. The van der Waals surface area contributed by atoms with Crippen LogP contribution in [0.15, 0.2) is 22.7 Å². The quantitative estimate of drug-likeness (QED) is 0.712. The molecule has 14 heavy (non-hydrogen) atoms. The van der Waals surface area contributed by atoms with Gasteiger partial charge in [0.15, 0.2) is 0 Å². The van der Waals surface area contributed by atoms with Crippen molar-refractivity contribution in [3.05, 3.63) is 22.7 Å². The summed E-state index contributed by atoms with van der Waals surface area (Å²) in [5, 5.41) is 0. The second-order valence-corrected chi connectivity index (χ2v) is 3.96. The number of amides is 1. The zero-order valence-electron chi connectivity index (χ0n) is 7.79. The van der Waals surface area contributed by atoms with E-state index in [9.17, 15) is 4.79 Å². The maximum absolute atomic E-state index is 11.4. The number of hydrogen-bond acceptors (Lipinski definition) is 2. The average molecular weight is 256 g/mol. The van der Waals surface area contributed by atoms with Crippen LogP contribution in [0.1, 0.15) is 6.92 Å². The third-order valence-corrected chi connectivity index (χ3v) is 2.81. The Labute approximate surface area is 90.8 Å². The fraction of sp³-hybridized carbons (Fsp3) is 0.300. The van der Waals surface area contributed by atoms with Gasteiger partial charge in [0, 0.05) is 11.4 Å². The van der Waals surface area contributed by atoms with Crippen LogP contribution >= 0.6 is 15.9 Å². The lowest BCUT2D eigenvalue weighted by molar-refractivity contribution is -0.116. The van der Waals surface area contributed by atoms with E-state index in [-0.39, 0.29) is 5.91 Å². The van der Waals surface area contributed by atoms with Crippen LogP contribution < -0.4 is 9.64 Å². The number of hydrogen-bond donors (Lipinski definition) is 0. The van der Waals surface area contributed by atoms with Gasteiger partial charge >= 0.3 is 0 Å². The number of rotatable bonds is 0. The largest absolute Gasteiger partial charge is 0.489 e. The van der Waals surface area contributed by atoms with Crippen molar-refractivity contribution in [1.29, 1.82) is 0 Å². The zero-order valence-corrected chi connectivity index (χ0v) is 9.37. The Bertz CT molecular complexity index is 378. The zero-order chi connectivity index (χ0) is 10.1. The maximum Gasteiger partial charge on any atom is 0.224 e. The fourth-order valence-electron chi connectivity index (χ4n) is 1.55. The predicted molar refractivity (Wildman–Crippen MR) is 57.7 cm³/mol. The van der Waals surface area contributed by atoms with E-state index in [1.54, 1.807) is 11.8 Å². The van der Waals surface area contributed by atoms with Crippen LogP contribution in [0, 0.1) is 0 Å². The first kappa shape index (κ1) is 9.52. The first-order valence-electron chi connectivity index (χ1n) is 4.39. The van der Waals surface area contributed by atoms with E-state index in [1.807, 2.05) is 18.2 Å². The second-order valence-electron chi connectivity index (χ2n) is 3.11. The summed E-state index contributed by atoms with van der Waals surface area (Å²) in [7, 11) is 0. The summed E-state index contributed by atoms with van der Waals surface area (Å²) < 4.78 is 6.35. The molecule has 0 spiro atoms. The molecule has 0 fully saturated rings. The van der Waals surface area contributed by atoms with Gasteiger partial charge in [-0.25, -0.2) is 0 Å². The third kappa shape index (κ3) is 1.50. The van der Waals surface area contributed by atoms with E-state index in [1.165, 1.54) is 0 Å². The van der Waals surface area contributed by atoms with Crippen molar-refractivity contribution >= 4 is 27.5 Å². The molecule has 1 aliphatic rings. The molecular formula is C10H10BrNO2. The lowest BCUT2D eigenvalue weighted by Gasteiger charge is -2.29.